The molecule has 2 aliphatic heterocycles. The van der Waals surface area contributed by atoms with Crippen LogP contribution in [0, 0.1) is 5.82 Å². The van der Waals surface area contributed by atoms with E-state index < -0.39 is 5.82 Å². The molecule has 106 valence electrons. The predicted octanol–water partition coefficient (Wildman–Crippen LogP) is 1.89. The quantitative estimate of drug-likeness (QED) is 0.839. The highest BCUT2D eigenvalue weighted by molar-refractivity contribution is 5.99. The van der Waals surface area contributed by atoms with Crippen molar-refractivity contribution in [2.24, 2.45) is 0 Å². The Hall–Kier alpha value is -1.91. The molecule has 20 heavy (non-hydrogen) atoms. The second-order valence-electron chi connectivity index (χ2n) is 5.72. The number of nitrogens with one attached hydrogen (secondary N) is 1. The Morgan fingerprint density at radius 3 is 2.85 bits per heavy atom. The summed E-state index contributed by atoms with van der Waals surface area (Å²) in [5.74, 6) is -0.448. The summed E-state index contributed by atoms with van der Waals surface area (Å²) in [6.07, 6.45) is 2.27. The van der Waals surface area contributed by atoms with Gasteiger partial charge in [0.05, 0.1) is 5.54 Å². The topological polar surface area (TPSA) is 49.4 Å². The van der Waals surface area contributed by atoms with E-state index >= 15 is 0 Å². The first-order valence-corrected chi connectivity index (χ1v) is 6.86. The van der Waals surface area contributed by atoms with Crippen molar-refractivity contribution in [1.82, 2.24) is 5.32 Å². The lowest BCUT2D eigenvalue weighted by atomic mass is 9.97. The molecule has 1 aromatic rings. The fourth-order valence-corrected chi connectivity index (χ4v) is 3.22. The summed E-state index contributed by atoms with van der Waals surface area (Å²) >= 11 is 0. The van der Waals surface area contributed by atoms with Crippen LogP contribution in [-0.4, -0.2) is 30.3 Å². The lowest BCUT2D eigenvalue weighted by Crippen LogP contribution is -2.44. The molecule has 0 aliphatic carbocycles. The Balaban J connectivity index is 1.88. The smallest absolute Gasteiger partial charge is 0.220 e. The molecule has 0 saturated carbocycles. The highest BCUT2D eigenvalue weighted by Gasteiger charge is 2.43. The first kappa shape index (κ1) is 13.1. The van der Waals surface area contributed by atoms with Crippen LogP contribution in [0.15, 0.2) is 18.2 Å². The lowest BCUT2D eigenvalue weighted by molar-refractivity contribution is -0.119. The molecule has 2 saturated heterocycles. The third-order valence-electron chi connectivity index (χ3n) is 4.27. The number of amides is 1. The first-order chi connectivity index (χ1) is 9.49. The molecule has 0 radical (unpaired) electrons. The van der Waals surface area contributed by atoms with Gasteiger partial charge in [0.15, 0.2) is 5.78 Å². The molecule has 0 aromatic heterocycles. The molecule has 1 N–H and O–H groups in total. The minimum Gasteiger partial charge on any atom is -0.369 e. The Morgan fingerprint density at radius 2 is 2.20 bits per heavy atom. The average molecular weight is 276 g/mol. The predicted molar refractivity (Wildman–Crippen MR) is 73.3 cm³/mol. The number of hydrogen-bond donors (Lipinski definition) is 1. The second-order valence-corrected chi connectivity index (χ2v) is 5.72. The third-order valence-corrected chi connectivity index (χ3v) is 4.27. The Morgan fingerprint density at radius 1 is 1.40 bits per heavy atom. The zero-order valence-corrected chi connectivity index (χ0v) is 11.4. The molecular formula is C15H17FN2O2. The van der Waals surface area contributed by atoms with E-state index in [4.69, 9.17) is 0 Å². The van der Waals surface area contributed by atoms with Crippen LogP contribution < -0.4 is 10.2 Å². The van der Waals surface area contributed by atoms with Gasteiger partial charge in [0, 0.05) is 30.8 Å². The molecule has 2 aliphatic rings. The van der Waals surface area contributed by atoms with Gasteiger partial charge in [0.2, 0.25) is 5.91 Å². The molecule has 1 atom stereocenters. The van der Waals surface area contributed by atoms with Crippen molar-refractivity contribution in [1.29, 1.82) is 0 Å². The van der Waals surface area contributed by atoms with Gasteiger partial charge in [-0.2, -0.15) is 0 Å². The summed E-state index contributed by atoms with van der Waals surface area (Å²) in [6, 6.07) is 4.32. The van der Waals surface area contributed by atoms with E-state index in [1.54, 1.807) is 6.07 Å². The summed E-state index contributed by atoms with van der Waals surface area (Å²) in [7, 11) is 0. The number of carbonyl (C=O) groups excluding carboxylic acids is 2. The Bertz CT molecular complexity index is 587. The van der Waals surface area contributed by atoms with Gasteiger partial charge in [0.25, 0.3) is 0 Å². The summed E-state index contributed by atoms with van der Waals surface area (Å²) in [6.45, 7) is 2.90. The highest BCUT2D eigenvalue weighted by Crippen LogP contribution is 2.35. The van der Waals surface area contributed by atoms with Gasteiger partial charge in [-0.05, 0) is 38.0 Å². The number of benzene rings is 1. The number of nitrogens with zero attached hydrogens (tertiary/aromatic N) is 1. The van der Waals surface area contributed by atoms with Crippen LogP contribution >= 0.6 is 0 Å². The molecule has 1 aromatic carbocycles. The van der Waals surface area contributed by atoms with Crippen LogP contribution in [0.3, 0.4) is 0 Å². The van der Waals surface area contributed by atoms with Gasteiger partial charge in [-0.25, -0.2) is 4.39 Å². The highest BCUT2D eigenvalue weighted by atomic mass is 19.1. The van der Waals surface area contributed by atoms with Crippen molar-refractivity contribution in [2.45, 2.75) is 31.7 Å². The van der Waals surface area contributed by atoms with Gasteiger partial charge in [-0.3, -0.25) is 9.59 Å². The lowest BCUT2D eigenvalue weighted by Gasteiger charge is -2.26. The number of rotatable bonds is 2. The minimum atomic E-state index is -0.401. The number of carbonyl (C=O) groups is 2. The molecule has 2 fully saturated rings. The maximum atomic E-state index is 13.3. The van der Waals surface area contributed by atoms with Crippen molar-refractivity contribution in [3.05, 3.63) is 29.6 Å². The fraction of sp³-hybridized carbons (Fsp3) is 0.467. The van der Waals surface area contributed by atoms with E-state index in [9.17, 15) is 14.0 Å². The molecule has 2 heterocycles. The van der Waals surface area contributed by atoms with E-state index in [-0.39, 0.29) is 17.2 Å². The summed E-state index contributed by atoms with van der Waals surface area (Å²) in [4.78, 5) is 25.2. The van der Waals surface area contributed by atoms with E-state index in [1.165, 1.54) is 19.1 Å². The number of ketones is 1. The minimum absolute atomic E-state index is 0.0951. The second kappa shape index (κ2) is 4.58. The standard InChI is InChI=1S/C15H17FN2O2/c1-10(19)12-8-11(16)2-3-13(12)18-7-6-15(9-18)5-4-14(20)17-15/h2-3,8H,4-7,9H2,1H3,(H,17,20). The largest absolute Gasteiger partial charge is 0.369 e. The van der Waals surface area contributed by atoms with Crippen molar-refractivity contribution >= 4 is 17.4 Å². The number of halogens is 1. The third kappa shape index (κ3) is 2.17. The molecule has 1 spiro atoms. The average Bonchev–Trinajstić information content (AvgIpc) is 2.97. The fourth-order valence-electron chi connectivity index (χ4n) is 3.22. The SMILES string of the molecule is CC(=O)c1cc(F)ccc1N1CCC2(CCC(=O)N2)C1. The van der Waals surface area contributed by atoms with Gasteiger partial charge >= 0.3 is 0 Å². The van der Waals surface area contributed by atoms with Crippen LogP contribution in [0.5, 0.6) is 0 Å². The number of Topliss-reactive ketones (excluding diaryl/α,β-unsaturated/α-hetero) is 1. The van der Waals surface area contributed by atoms with Crippen molar-refractivity contribution in [3.8, 4) is 0 Å². The van der Waals surface area contributed by atoms with Crippen molar-refractivity contribution in [3.63, 3.8) is 0 Å². The number of hydrogen-bond acceptors (Lipinski definition) is 3. The van der Waals surface area contributed by atoms with Crippen molar-refractivity contribution in [2.75, 3.05) is 18.0 Å². The van der Waals surface area contributed by atoms with Crippen LogP contribution in [0.4, 0.5) is 10.1 Å². The number of anilines is 1. The Kier molecular flexibility index (Phi) is 3.00. The normalized spacial score (nSPS) is 25.3. The first-order valence-electron chi connectivity index (χ1n) is 6.86. The van der Waals surface area contributed by atoms with E-state index in [1.807, 2.05) is 0 Å². The van der Waals surface area contributed by atoms with Crippen LogP contribution in [0.1, 0.15) is 36.5 Å². The van der Waals surface area contributed by atoms with Crippen molar-refractivity contribution < 1.29 is 14.0 Å². The molecule has 5 heteroatoms. The summed E-state index contributed by atoms with van der Waals surface area (Å²) in [5.41, 5.74) is 1.00. The molecule has 3 rings (SSSR count). The van der Waals surface area contributed by atoms with E-state index in [2.05, 4.69) is 10.2 Å². The van der Waals surface area contributed by atoms with Gasteiger partial charge in [0.1, 0.15) is 5.82 Å². The molecule has 1 amide bonds. The monoisotopic (exact) mass is 276 g/mol. The van der Waals surface area contributed by atoms with Crippen LogP contribution in [0.25, 0.3) is 0 Å². The molecule has 0 bridgehead atoms. The van der Waals surface area contributed by atoms with E-state index in [0.29, 0.717) is 18.5 Å². The van der Waals surface area contributed by atoms with E-state index in [0.717, 1.165) is 25.1 Å². The molecule has 4 nitrogen and oxygen atoms in total. The molecular weight excluding hydrogens is 259 g/mol. The zero-order chi connectivity index (χ0) is 14.3. The zero-order valence-electron chi connectivity index (χ0n) is 11.4. The van der Waals surface area contributed by atoms with Gasteiger partial charge in [-0.1, -0.05) is 0 Å². The maximum Gasteiger partial charge on any atom is 0.220 e. The van der Waals surface area contributed by atoms with Gasteiger partial charge in [-0.15, -0.1) is 0 Å². The summed E-state index contributed by atoms with van der Waals surface area (Å²) in [5, 5.41) is 3.05. The van der Waals surface area contributed by atoms with Crippen LogP contribution in [0.2, 0.25) is 0 Å². The van der Waals surface area contributed by atoms with Crippen LogP contribution in [-0.2, 0) is 4.79 Å². The summed E-state index contributed by atoms with van der Waals surface area (Å²) < 4.78 is 13.3. The molecule has 1 unspecified atom stereocenters. The Labute approximate surface area is 117 Å². The maximum absolute atomic E-state index is 13.3. The van der Waals surface area contributed by atoms with Gasteiger partial charge < -0.3 is 10.2 Å².